The number of fused-ring (bicyclic) bond motifs is 1. The first kappa shape index (κ1) is 15.1. The molecule has 0 amide bonds. The van der Waals surface area contributed by atoms with Crippen LogP contribution >= 0.6 is 8.53 Å². The lowest BCUT2D eigenvalue weighted by Crippen LogP contribution is -2.24. The predicted octanol–water partition coefficient (Wildman–Crippen LogP) is 5.06. The molecule has 0 fully saturated rings. The Labute approximate surface area is 127 Å². The van der Waals surface area contributed by atoms with Gasteiger partial charge < -0.3 is 4.52 Å². The molecule has 0 N–H and O–H groups in total. The summed E-state index contributed by atoms with van der Waals surface area (Å²) in [4.78, 5) is 0. The molecule has 1 aliphatic heterocycles. The summed E-state index contributed by atoms with van der Waals surface area (Å²) >= 11 is 0. The van der Waals surface area contributed by atoms with Gasteiger partial charge in [-0.15, -0.1) is 0 Å². The third kappa shape index (κ3) is 2.89. The number of para-hydroxylation sites is 2. The summed E-state index contributed by atoms with van der Waals surface area (Å²) in [7, 11) is -0.184. The smallest absolute Gasteiger partial charge is 0.419 e. The van der Waals surface area contributed by atoms with Crippen molar-refractivity contribution < 1.29 is 22.2 Å². The minimum atomic E-state index is -4.51. The van der Waals surface area contributed by atoms with Crippen LogP contribution in [0.5, 0.6) is 5.75 Å². The van der Waals surface area contributed by atoms with Crippen LogP contribution in [-0.4, -0.2) is 13.2 Å². The van der Waals surface area contributed by atoms with E-state index in [4.69, 9.17) is 9.05 Å². The first-order valence-electron chi connectivity index (χ1n) is 6.56. The minimum Gasteiger partial charge on any atom is -0.429 e. The first-order valence-corrected chi connectivity index (χ1v) is 7.69. The Balaban J connectivity index is 1.84. The van der Waals surface area contributed by atoms with Crippen LogP contribution in [0.1, 0.15) is 11.7 Å². The average Bonchev–Trinajstić information content (AvgIpc) is 2.81. The number of alkyl halides is 3. The summed E-state index contributed by atoms with van der Waals surface area (Å²) in [6, 6.07) is 14.6. The van der Waals surface area contributed by atoms with Gasteiger partial charge >= 0.3 is 14.7 Å². The zero-order chi connectivity index (χ0) is 15.7. The first-order chi connectivity index (χ1) is 10.5. The van der Waals surface area contributed by atoms with Gasteiger partial charge in [0.1, 0.15) is 0 Å². The maximum Gasteiger partial charge on any atom is 0.419 e. The lowest BCUT2D eigenvalue weighted by atomic mass is 10.1. The quantitative estimate of drug-likeness (QED) is 0.735. The van der Waals surface area contributed by atoms with E-state index in [0.29, 0.717) is 5.75 Å². The lowest BCUT2D eigenvalue weighted by Gasteiger charge is -2.26. The van der Waals surface area contributed by atoms with Crippen molar-refractivity contribution in [2.45, 2.75) is 12.3 Å². The fourth-order valence-electron chi connectivity index (χ4n) is 2.15. The maximum absolute atomic E-state index is 13.3. The van der Waals surface area contributed by atoms with Crippen molar-refractivity contribution in [1.29, 1.82) is 0 Å². The van der Waals surface area contributed by atoms with Crippen molar-refractivity contribution >= 4 is 14.2 Å². The summed E-state index contributed by atoms with van der Waals surface area (Å²) in [6.07, 6.45) is -6.53. The number of benzene rings is 2. The number of rotatable bonds is 3. The zero-order valence-electron chi connectivity index (χ0n) is 11.6. The molecule has 2 unspecified atom stereocenters. The van der Waals surface area contributed by atoms with Crippen molar-refractivity contribution in [3.63, 3.8) is 0 Å². The van der Waals surface area contributed by atoms with Crippen molar-refractivity contribution in [2.24, 2.45) is 0 Å². The minimum absolute atomic E-state index is 0.0606. The molecular formula is C15H13F3NO2P. The second-order valence-corrected chi connectivity index (χ2v) is 6.23. The highest BCUT2D eigenvalue weighted by Gasteiger charge is 2.46. The number of hydrogen-bond acceptors (Lipinski definition) is 3. The Morgan fingerprint density at radius 3 is 2.32 bits per heavy atom. The van der Waals surface area contributed by atoms with Gasteiger partial charge in [0.05, 0.1) is 5.69 Å². The van der Waals surface area contributed by atoms with Gasteiger partial charge in [-0.1, -0.05) is 42.5 Å². The van der Waals surface area contributed by atoms with E-state index in [1.807, 2.05) is 0 Å². The van der Waals surface area contributed by atoms with Gasteiger partial charge in [-0.25, -0.2) is 0 Å². The van der Waals surface area contributed by atoms with E-state index in [1.165, 1.54) is 12.1 Å². The Hall–Kier alpha value is -1.78. The van der Waals surface area contributed by atoms with Crippen molar-refractivity contribution in [2.75, 3.05) is 11.7 Å². The van der Waals surface area contributed by atoms with E-state index in [9.17, 15) is 13.2 Å². The molecule has 3 nitrogen and oxygen atoms in total. The summed E-state index contributed by atoms with van der Waals surface area (Å²) in [6.45, 7) is 0. The Kier molecular flexibility index (Phi) is 3.98. The number of anilines is 1. The third-order valence-electron chi connectivity index (χ3n) is 3.23. The maximum atomic E-state index is 13.3. The van der Waals surface area contributed by atoms with Crippen LogP contribution in [0.2, 0.25) is 0 Å². The highest BCUT2D eigenvalue weighted by Crippen LogP contribution is 2.58. The van der Waals surface area contributed by atoms with Gasteiger partial charge in [0.15, 0.2) is 11.9 Å². The summed E-state index contributed by atoms with van der Waals surface area (Å²) in [5, 5.41) is 0. The molecule has 0 spiro atoms. The van der Waals surface area contributed by atoms with E-state index in [1.54, 1.807) is 54.2 Å². The van der Waals surface area contributed by atoms with Crippen LogP contribution in [0, 0.1) is 0 Å². The standard InChI is InChI=1S/C15H13F3NO2P/c1-19-12-9-5-6-10-13(12)20-22(19)21-14(15(16,17)18)11-7-3-2-4-8-11/h2-10,14H,1H3. The summed E-state index contributed by atoms with van der Waals surface area (Å²) in [5.41, 5.74) is 0.785. The van der Waals surface area contributed by atoms with Crippen LogP contribution in [0.25, 0.3) is 0 Å². The normalized spacial score (nSPS) is 18.7. The van der Waals surface area contributed by atoms with Crippen molar-refractivity contribution in [3.05, 3.63) is 60.2 Å². The Morgan fingerprint density at radius 1 is 1.05 bits per heavy atom. The van der Waals surface area contributed by atoms with Gasteiger partial charge in [0, 0.05) is 7.05 Å². The highest BCUT2D eigenvalue weighted by atomic mass is 31.2. The molecule has 2 atom stereocenters. The topological polar surface area (TPSA) is 21.7 Å². The van der Waals surface area contributed by atoms with Crippen molar-refractivity contribution in [1.82, 2.24) is 0 Å². The Morgan fingerprint density at radius 2 is 1.68 bits per heavy atom. The molecule has 22 heavy (non-hydrogen) atoms. The van der Waals surface area contributed by atoms with Crippen LogP contribution in [0.3, 0.4) is 0 Å². The van der Waals surface area contributed by atoms with Gasteiger partial charge in [-0.2, -0.15) is 13.2 Å². The van der Waals surface area contributed by atoms with E-state index in [-0.39, 0.29) is 5.56 Å². The van der Waals surface area contributed by atoms with Crippen molar-refractivity contribution in [3.8, 4) is 5.75 Å². The molecule has 2 aromatic carbocycles. The monoisotopic (exact) mass is 327 g/mol. The average molecular weight is 327 g/mol. The third-order valence-corrected chi connectivity index (χ3v) is 4.68. The van der Waals surface area contributed by atoms with Gasteiger partial charge in [-0.05, 0) is 17.7 Å². The summed E-state index contributed by atoms with van der Waals surface area (Å²) < 4.78 is 52.4. The molecule has 3 rings (SSSR count). The molecule has 7 heteroatoms. The number of hydrogen-bond donors (Lipinski definition) is 0. The van der Waals surface area contributed by atoms with E-state index in [0.717, 1.165) is 5.69 Å². The van der Waals surface area contributed by atoms with E-state index < -0.39 is 20.8 Å². The number of nitrogens with zero attached hydrogens (tertiary/aromatic N) is 1. The van der Waals surface area contributed by atoms with Gasteiger partial charge in [0.2, 0.25) is 0 Å². The zero-order valence-corrected chi connectivity index (χ0v) is 12.5. The molecular weight excluding hydrogens is 314 g/mol. The molecule has 0 saturated carbocycles. The second kappa shape index (κ2) is 5.78. The molecule has 2 aromatic rings. The molecule has 0 radical (unpaired) electrons. The predicted molar refractivity (Wildman–Crippen MR) is 78.7 cm³/mol. The van der Waals surface area contributed by atoms with E-state index >= 15 is 0 Å². The molecule has 0 aliphatic carbocycles. The molecule has 0 saturated heterocycles. The fourth-order valence-corrected chi connectivity index (χ4v) is 3.55. The van der Waals surface area contributed by atoms with Crippen LogP contribution in [0.4, 0.5) is 18.9 Å². The molecule has 0 aromatic heterocycles. The Bertz CT molecular complexity index is 651. The SMILES string of the molecule is CN1c2ccccc2OP1OC(c1ccccc1)C(F)(F)F. The largest absolute Gasteiger partial charge is 0.429 e. The van der Waals surface area contributed by atoms with Crippen LogP contribution in [-0.2, 0) is 4.52 Å². The number of halogens is 3. The molecule has 0 bridgehead atoms. The second-order valence-electron chi connectivity index (χ2n) is 4.76. The fraction of sp³-hybridized carbons (Fsp3) is 0.200. The van der Waals surface area contributed by atoms with E-state index in [2.05, 4.69) is 0 Å². The van der Waals surface area contributed by atoms with Crippen LogP contribution < -0.4 is 9.19 Å². The molecule has 1 aliphatic rings. The molecule has 1 heterocycles. The molecule has 116 valence electrons. The van der Waals surface area contributed by atoms with Gasteiger partial charge in [0.25, 0.3) is 0 Å². The highest BCUT2D eigenvalue weighted by molar-refractivity contribution is 7.50. The summed E-state index contributed by atoms with van der Waals surface area (Å²) in [5.74, 6) is 0.532. The van der Waals surface area contributed by atoms with Crippen LogP contribution in [0.15, 0.2) is 54.6 Å². The van der Waals surface area contributed by atoms with Gasteiger partial charge in [-0.3, -0.25) is 9.19 Å². The lowest BCUT2D eigenvalue weighted by molar-refractivity contribution is -0.197.